The first-order chi connectivity index (χ1) is 12.7. The van der Waals surface area contributed by atoms with Gasteiger partial charge in [-0.05, 0) is 36.0 Å². The quantitative estimate of drug-likeness (QED) is 0.630. The van der Waals surface area contributed by atoms with Gasteiger partial charge in [0.2, 0.25) is 0 Å². The smallest absolute Gasteiger partial charge is 0.348 e. The lowest BCUT2D eigenvalue weighted by Gasteiger charge is -2.19. The molecule has 0 aliphatic carbocycles. The van der Waals surface area contributed by atoms with Crippen LogP contribution < -0.4 is 5.56 Å². The molecule has 2 heterocycles. The van der Waals surface area contributed by atoms with Gasteiger partial charge in [-0.3, -0.25) is 9.36 Å². The predicted molar refractivity (Wildman–Crippen MR) is 109 cm³/mol. The lowest BCUT2D eigenvalue weighted by Crippen LogP contribution is -2.21. The average Bonchev–Trinajstić information content (AvgIpc) is 2.95. The summed E-state index contributed by atoms with van der Waals surface area (Å²) in [6, 6.07) is 8.28. The van der Waals surface area contributed by atoms with Gasteiger partial charge in [-0.15, -0.1) is 11.3 Å². The Kier molecular flexibility index (Phi) is 5.20. The van der Waals surface area contributed by atoms with Crippen LogP contribution in [0.2, 0.25) is 0 Å². The van der Waals surface area contributed by atoms with E-state index in [1.54, 1.807) is 24.7 Å². The molecule has 5 nitrogen and oxygen atoms in total. The second kappa shape index (κ2) is 7.27. The van der Waals surface area contributed by atoms with Crippen LogP contribution in [-0.2, 0) is 16.7 Å². The summed E-state index contributed by atoms with van der Waals surface area (Å²) in [7, 11) is 0. The van der Waals surface area contributed by atoms with Crippen LogP contribution >= 0.6 is 11.3 Å². The highest BCUT2D eigenvalue weighted by molar-refractivity contribution is 7.20. The lowest BCUT2D eigenvalue weighted by atomic mass is 9.87. The van der Waals surface area contributed by atoms with E-state index in [1.165, 1.54) is 16.9 Å². The summed E-state index contributed by atoms with van der Waals surface area (Å²) in [5.74, 6) is -0.401. The van der Waals surface area contributed by atoms with Crippen molar-refractivity contribution in [2.24, 2.45) is 0 Å². The van der Waals surface area contributed by atoms with Crippen LogP contribution in [0.4, 0.5) is 0 Å². The minimum absolute atomic E-state index is 0.0904. The van der Waals surface area contributed by atoms with Gasteiger partial charge in [0.25, 0.3) is 5.56 Å². The number of hydrogen-bond donors (Lipinski definition) is 0. The number of thiophene rings is 1. The Labute approximate surface area is 162 Å². The number of nitrogens with zero attached hydrogens (tertiary/aromatic N) is 2. The van der Waals surface area contributed by atoms with E-state index in [1.807, 2.05) is 12.1 Å². The highest BCUT2D eigenvalue weighted by atomic mass is 32.1. The van der Waals surface area contributed by atoms with Crippen LogP contribution in [0.25, 0.3) is 10.2 Å². The molecule has 0 N–H and O–H groups in total. The van der Waals surface area contributed by atoms with Gasteiger partial charge in [0.1, 0.15) is 9.71 Å². The second-order valence-electron chi connectivity index (χ2n) is 7.58. The fourth-order valence-electron chi connectivity index (χ4n) is 2.97. The fraction of sp³-hybridized carbons (Fsp3) is 0.381. The first-order valence-electron chi connectivity index (χ1n) is 8.97. The molecule has 1 aromatic carbocycles. The molecule has 6 heteroatoms. The summed E-state index contributed by atoms with van der Waals surface area (Å²) < 4.78 is 6.66. The zero-order valence-electron chi connectivity index (χ0n) is 16.3. The number of benzene rings is 1. The van der Waals surface area contributed by atoms with Crippen LogP contribution in [-0.4, -0.2) is 22.1 Å². The molecule has 2 aromatic heterocycles. The van der Waals surface area contributed by atoms with E-state index in [0.29, 0.717) is 33.8 Å². The number of aryl methyl sites for hydroxylation is 1. The Balaban J connectivity index is 1.96. The molecule has 0 saturated carbocycles. The van der Waals surface area contributed by atoms with Gasteiger partial charge < -0.3 is 4.74 Å². The van der Waals surface area contributed by atoms with Crippen molar-refractivity contribution in [2.45, 2.75) is 46.6 Å². The molecule has 0 radical (unpaired) electrons. The molecule has 0 amide bonds. The molecular formula is C21H24N2O3S. The lowest BCUT2D eigenvalue weighted by molar-refractivity contribution is 0.0531. The topological polar surface area (TPSA) is 61.2 Å². The van der Waals surface area contributed by atoms with Crippen molar-refractivity contribution >= 4 is 27.5 Å². The third-order valence-electron chi connectivity index (χ3n) is 4.55. The van der Waals surface area contributed by atoms with Gasteiger partial charge in [0.05, 0.1) is 24.9 Å². The summed E-state index contributed by atoms with van der Waals surface area (Å²) in [5, 5.41) is 0.497. The summed E-state index contributed by atoms with van der Waals surface area (Å²) >= 11 is 1.21. The van der Waals surface area contributed by atoms with Crippen molar-refractivity contribution in [3.05, 3.63) is 62.5 Å². The van der Waals surface area contributed by atoms with Gasteiger partial charge in [-0.1, -0.05) is 45.0 Å². The number of aromatic nitrogens is 2. The third kappa shape index (κ3) is 3.81. The predicted octanol–water partition coefficient (Wildman–Crippen LogP) is 4.29. The van der Waals surface area contributed by atoms with Crippen LogP contribution in [0.15, 0.2) is 35.4 Å². The van der Waals surface area contributed by atoms with Crippen molar-refractivity contribution < 1.29 is 9.53 Å². The maximum atomic E-state index is 13.0. The molecule has 0 aliphatic rings. The van der Waals surface area contributed by atoms with Crippen molar-refractivity contribution in [3.63, 3.8) is 0 Å². The van der Waals surface area contributed by atoms with Crippen LogP contribution in [0.1, 0.15) is 54.1 Å². The Hall–Kier alpha value is -2.47. The Morgan fingerprint density at radius 1 is 1.22 bits per heavy atom. The molecule has 3 aromatic rings. The molecule has 0 spiro atoms. The molecular weight excluding hydrogens is 360 g/mol. The molecule has 0 bridgehead atoms. The minimum Gasteiger partial charge on any atom is -0.462 e. The molecule has 0 atom stereocenters. The summed E-state index contributed by atoms with van der Waals surface area (Å²) in [4.78, 5) is 30.4. The van der Waals surface area contributed by atoms with Crippen molar-refractivity contribution in [1.82, 2.24) is 9.55 Å². The van der Waals surface area contributed by atoms with Gasteiger partial charge in [0.15, 0.2) is 0 Å². The number of hydrogen-bond acceptors (Lipinski definition) is 5. The Bertz CT molecular complexity index is 1040. The number of carbonyl (C=O) groups is 1. The second-order valence-corrected chi connectivity index (χ2v) is 8.58. The van der Waals surface area contributed by atoms with Crippen molar-refractivity contribution in [1.29, 1.82) is 0 Å². The van der Waals surface area contributed by atoms with Crippen LogP contribution in [0, 0.1) is 6.92 Å². The standard InChI is InChI=1S/C21H24N2O3S/c1-6-26-20(25)17-13(2)16-18(27-17)22-12-23(19(16)24)11-14-7-9-15(10-8-14)21(3,4)5/h7-10,12H,6,11H2,1-5H3. The van der Waals surface area contributed by atoms with Crippen LogP contribution in [0.3, 0.4) is 0 Å². The molecule has 142 valence electrons. The Morgan fingerprint density at radius 2 is 1.89 bits per heavy atom. The summed E-state index contributed by atoms with van der Waals surface area (Å²) in [6.07, 6.45) is 1.55. The van der Waals surface area contributed by atoms with Crippen LogP contribution in [0.5, 0.6) is 0 Å². The van der Waals surface area contributed by atoms with Crippen molar-refractivity contribution in [3.8, 4) is 0 Å². The SMILES string of the molecule is CCOC(=O)c1sc2ncn(Cc3ccc(C(C)(C)C)cc3)c(=O)c2c1C. The van der Waals surface area contributed by atoms with Gasteiger partial charge in [0, 0.05) is 0 Å². The molecule has 3 rings (SSSR count). The van der Waals surface area contributed by atoms with E-state index >= 15 is 0 Å². The van der Waals surface area contributed by atoms with E-state index < -0.39 is 5.97 Å². The van der Waals surface area contributed by atoms with Gasteiger partial charge >= 0.3 is 5.97 Å². The molecule has 0 aliphatic heterocycles. The van der Waals surface area contributed by atoms with Gasteiger partial charge in [-0.2, -0.15) is 0 Å². The largest absolute Gasteiger partial charge is 0.462 e. The minimum atomic E-state index is -0.401. The zero-order valence-corrected chi connectivity index (χ0v) is 17.1. The maximum absolute atomic E-state index is 13.0. The summed E-state index contributed by atoms with van der Waals surface area (Å²) in [5.41, 5.74) is 2.88. The van der Waals surface area contributed by atoms with Gasteiger partial charge in [-0.25, -0.2) is 9.78 Å². The van der Waals surface area contributed by atoms with E-state index in [-0.39, 0.29) is 11.0 Å². The Morgan fingerprint density at radius 3 is 2.48 bits per heavy atom. The van der Waals surface area contributed by atoms with E-state index in [2.05, 4.69) is 37.9 Å². The monoisotopic (exact) mass is 384 g/mol. The first kappa shape index (κ1) is 19.3. The zero-order chi connectivity index (χ0) is 19.8. The molecule has 0 unspecified atom stereocenters. The average molecular weight is 385 g/mol. The maximum Gasteiger partial charge on any atom is 0.348 e. The molecule has 0 saturated heterocycles. The van der Waals surface area contributed by atoms with E-state index in [9.17, 15) is 9.59 Å². The van der Waals surface area contributed by atoms with E-state index in [4.69, 9.17) is 4.74 Å². The fourth-order valence-corrected chi connectivity index (χ4v) is 4.00. The highest BCUT2D eigenvalue weighted by Crippen LogP contribution is 2.27. The number of ether oxygens (including phenoxy) is 1. The normalized spacial score (nSPS) is 11.7. The highest BCUT2D eigenvalue weighted by Gasteiger charge is 2.20. The molecule has 0 fully saturated rings. The van der Waals surface area contributed by atoms with E-state index in [0.717, 1.165) is 5.56 Å². The number of fused-ring (bicyclic) bond motifs is 1. The van der Waals surface area contributed by atoms with Crippen molar-refractivity contribution in [2.75, 3.05) is 6.61 Å². The first-order valence-corrected chi connectivity index (χ1v) is 9.79. The number of carbonyl (C=O) groups excluding carboxylic acids is 1. The summed E-state index contributed by atoms with van der Waals surface area (Å²) in [6.45, 7) is 10.8. The molecule has 27 heavy (non-hydrogen) atoms. The number of esters is 1. The number of rotatable bonds is 4. The third-order valence-corrected chi connectivity index (χ3v) is 5.73.